The van der Waals surface area contributed by atoms with E-state index in [2.05, 4.69) is 0 Å². The maximum Gasteiger partial charge on any atom is 0.287 e. The van der Waals surface area contributed by atoms with E-state index >= 15 is 0 Å². The van der Waals surface area contributed by atoms with Gasteiger partial charge < -0.3 is 0 Å². The maximum absolute atomic E-state index is 10.2. The molecule has 16 heavy (non-hydrogen) atoms. The molecular weight excluding hydrogens is 230 g/mol. The third-order valence-corrected chi connectivity index (χ3v) is 2.16. The zero-order valence-corrected chi connectivity index (χ0v) is 10.0. The molecule has 4 nitrogen and oxygen atoms in total. The smallest absolute Gasteiger partial charge is 0.287 e. The Hall–Kier alpha value is -1.42. The normalized spacial score (nSPS) is 8.94. The number of benzene rings is 1. The molecule has 0 bridgehead atoms. The number of nitro benzene ring substituents is 1. The predicted octanol–water partition coefficient (Wildman–Crippen LogP) is 3.62. The first-order valence-electron chi connectivity index (χ1n) is 4.93. The second kappa shape index (κ2) is 7.82. The Morgan fingerprint density at radius 3 is 2.06 bits per heavy atom. The van der Waals surface area contributed by atoms with E-state index in [1.807, 2.05) is 13.8 Å². The van der Waals surface area contributed by atoms with Crippen LogP contribution < -0.4 is 0 Å². The molecule has 0 heterocycles. The second-order valence-corrected chi connectivity index (χ2v) is 3.36. The number of hydrogen-bond acceptors (Lipinski definition) is 3. The Balaban J connectivity index is 0.000000325. The topological polar surface area (TPSA) is 60.2 Å². The number of carbonyl (C=O) groups excluding carboxylic acids is 1. The molecule has 0 atom stereocenters. The molecule has 0 fully saturated rings. The van der Waals surface area contributed by atoms with Gasteiger partial charge in [0.25, 0.3) is 5.69 Å². The van der Waals surface area contributed by atoms with Crippen LogP contribution in [-0.4, -0.2) is 10.7 Å². The number of nitrogens with zero attached hydrogens (tertiary/aromatic N) is 1. The monoisotopic (exact) mass is 243 g/mol. The molecule has 5 heteroatoms. The highest BCUT2D eigenvalue weighted by Crippen LogP contribution is 2.21. The van der Waals surface area contributed by atoms with Gasteiger partial charge in [-0.15, -0.1) is 0 Å². The first-order chi connectivity index (χ1) is 7.52. The fourth-order valence-corrected chi connectivity index (χ4v) is 1.05. The number of para-hydroxylation sites is 1. The largest absolute Gasteiger partial charge is 0.300 e. The van der Waals surface area contributed by atoms with Gasteiger partial charge in [-0.1, -0.05) is 37.6 Å². The van der Waals surface area contributed by atoms with Gasteiger partial charge in [0.05, 0.1) is 4.92 Å². The highest BCUT2D eigenvalue weighted by atomic mass is 35.5. The number of halogens is 1. The van der Waals surface area contributed by atoms with Crippen molar-refractivity contribution in [3.8, 4) is 0 Å². The lowest BCUT2D eigenvalue weighted by Crippen LogP contribution is -1.88. The summed E-state index contributed by atoms with van der Waals surface area (Å²) in [4.78, 5) is 19.8. The van der Waals surface area contributed by atoms with E-state index in [0.717, 1.165) is 0 Å². The van der Waals surface area contributed by atoms with Gasteiger partial charge in [0.2, 0.25) is 0 Å². The third kappa shape index (κ3) is 5.46. The predicted molar refractivity (Wildman–Crippen MR) is 63.7 cm³/mol. The van der Waals surface area contributed by atoms with Crippen molar-refractivity contribution in [2.45, 2.75) is 26.7 Å². The summed E-state index contributed by atoms with van der Waals surface area (Å²) in [6.45, 7) is 3.76. The van der Waals surface area contributed by atoms with Gasteiger partial charge in [0, 0.05) is 18.9 Å². The third-order valence-electron chi connectivity index (χ3n) is 1.84. The van der Waals surface area contributed by atoms with Crippen molar-refractivity contribution >= 4 is 23.1 Å². The van der Waals surface area contributed by atoms with Gasteiger partial charge in [0.15, 0.2) is 0 Å². The molecule has 1 aromatic rings. The molecule has 1 aromatic carbocycles. The van der Waals surface area contributed by atoms with Crippen molar-refractivity contribution in [3.05, 3.63) is 39.4 Å². The van der Waals surface area contributed by atoms with Gasteiger partial charge in [0.1, 0.15) is 10.8 Å². The maximum atomic E-state index is 10.2. The van der Waals surface area contributed by atoms with Crippen LogP contribution in [0.2, 0.25) is 5.02 Å². The van der Waals surface area contributed by atoms with E-state index in [9.17, 15) is 14.9 Å². The molecule has 0 saturated heterocycles. The van der Waals surface area contributed by atoms with Gasteiger partial charge in [-0.25, -0.2) is 0 Å². The highest BCUT2D eigenvalue weighted by Gasteiger charge is 2.08. The molecule has 0 aliphatic carbocycles. The lowest BCUT2D eigenvalue weighted by molar-refractivity contribution is -0.384. The molecule has 0 aromatic heterocycles. The average molecular weight is 244 g/mol. The molecule has 0 saturated carbocycles. The molecule has 0 aliphatic rings. The van der Waals surface area contributed by atoms with Crippen molar-refractivity contribution in [1.82, 2.24) is 0 Å². The molecule has 1 rings (SSSR count). The van der Waals surface area contributed by atoms with E-state index in [1.54, 1.807) is 12.1 Å². The Bertz CT molecular complexity index is 360. The first kappa shape index (κ1) is 14.6. The standard InChI is InChI=1S/C6H4ClNO2.C5H10O/c7-5-3-1-2-4-6(5)8(9)10;1-3-5(6)4-2/h1-4H;3-4H2,1-2H3. The molecule has 0 aliphatic heterocycles. The summed E-state index contributed by atoms with van der Waals surface area (Å²) in [7, 11) is 0. The Labute approximate surface area is 99.4 Å². The number of Topliss-reactive ketones (excluding diaryl/α,β-unsaturated/α-hetero) is 1. The lowest BCUT2D eigenvalue weighted by atomic mass is 10.3. The van der Waals surface area contributed by atoms with Gasteiger partial charge in [-0.3, -0.25) is 14.9 Å². The fourth-order valence-electron chi connectivity index (χ4n) is 0.850. The zero-order chi connectivity index (χ0) is 12.6. The van der Waals surface area contributed by atoms with Crippen LogP contribution in [-0.2, 0) is 4.79 Å². The van der Waals surface area contributed by atoms with Crippen molar-refractivity contribution < 1.29 is 9.72 Å². The van der Waals surface area contributed by atoms with Crippen LogP contribution in [0.15, 0.2) is 24.3 Å². The molecule has 0 amide bonds. The van der Waals surface area contributed by atoms with Gasteiger partial charge in [-0.05, 0) is 6.07 Å². The van der Waals surface area contributed by atoms with E-state index < -0.39 is 4.92 Å². The Morgan fingerprint density at radius 1 is 1.31 bits per heavy atom. The SMILES string of the molecule is CCC(=O)CC.O=[N+]([O-])c1ccccc1Cl. The van der Waals surface area contributed by atoms with E-state index in [-0.39, 0.29) is 10.7 Å². The summed E-state index contributed by atoms with van der Waals surface area (Å²) in [6.07, 6.45) is 1.38. The number of carbonyl (C=O) groups is 1. The second-order valence-electron chi connectivity index (χ2n) is 2.95. The lowest BCUT2D eigenvalue weighted by Gasteiger charge is -1.90. The number of hydrogen-bond donors (Lipinski definition) is 0. The summed E-state index contributed by atoms with van der Waals surface area (Å²) in [5, 5.41) is 10.3. The summed E-state index contributed by atoms with van der Waals surface area (Å²) in [5.41, 5.74) is -0.0517. The molecule has 0 spiro atoms. The minimum atomic E-state index is -0.512. The average Bonchev–Trinajstić information content (AvgIpc) is 2.29. The van der Waals surface area contributed by atoms with Crippen molar-refractivity contribution in [2.24, 2.45) is 0 Å². The van der Waals surface area contributed by atoms with Crippen LogP contribution in [0.1, 0.15) is 26.7 Å². The van der Waals surface area contributed by atoms with Crippen molar-refractivity contribution in [2.75, 3.05) is 0 Å². The summed E-state index contributed by atoms with van der Waals surface area (Å²) in [5.74, 6) is 0.343. The van der Waals surface area contributed by atoms with Crippen LogP contribution in [0.3, 0.4) is 0 Å². The van der Waals surface area contributed by atoms with Crippen LogP contribution >= 0.6 is 11.6 Å². The summed E-state index contributed by atoms with van der Waals surface area (Å²) in [6, 6.07) is 6.07. The molecule has 88 valence electrons. The van der Waals surface area contributed by atoms with E-state index in [1.165, 1.54) is 12.1 Å². The summed E-state index contributed by atoms with van der Waals surface area (Å²) < 4.78 is 0. The minimum Gasteiger partial charge on any atom is -0.300 e. The Morgan fingerprint density at radius 2 is 1.81 bits per heavy atom. The molecule has 0 radical (unpaired) electrons. The van der Waals surface area contributed by atoms with Crippen molar-refractivity contribution in [1.29, 1.82) is 0 Å². The highest BCUT2D eigenvalue weighted by molar-refractivity contribution is 6.32. The van der Waals surface area contributed by atoms with Gasteiger partial charge >= 0.3 is 0 Å². The zero-order valence-electron chi connectivity index (χ0n) is 9.27. The summed E-state index contributed by atoms with van der Waals surface area (Å²) >= 11 is 5.48. The fraction of sp³-hybridized carbons (Fsp3) is 0.364. The van der Waals surface area contributed by atoms with Crippen LogP contribution in [0.4, 0.5) is 5.69 Å². The first-order valence-corrected chi connectivity index (χ1v) is 5.31. The molecular formula is C11H14ClNO3. The molecule has 0 N–H and O–H groups in total. The quantitative estimate of drug-likeness (QED) is 0.602. The van der Waals surface area contributed by atoms with Crippen molar-refractivity contribution in [3.63, 3.8) is 0 Å². The number of nitro groups is 1. The van der Waals surface area contributed by atoms with Crippen LogP contribution in [0, 0.1) is 10.1 Å². The molecule has 0 unspecified atom stereocenters. The van der Waals surface area contributed by atoms with Crippen LogP contribution in [0.5, 0.6) is 0 Å². The van der Waals surface area contributed by atoms with Crippen LogP contribution in [0.25, 0.3) is 0 Å². The van der Waals surface area contributed by atoms with Gasteiger partial charge in [-0.2, -0.15) is 0 Å². The number of ketones is 1. The number of rotatable bonds is 3. The van der Waals surface area contributed by atoms with E-state index in [0.29, 0.717) is 18.6 Å². The Kier molecular flexibility index (Phi) is 7.12. The van der Waals surface area contributed by atoms with E-state index in [4.69, 9.17) is 11.6 Å². The minimum absolute atomic E-state index is 0.0517.